The lowest BCUT2D eigenvalue weighted by molar-refractivity contribution is 0.295. The van der Waals surface area contributed by atoms with E-state index in [4.69, 9.17) is 10.7 Å². The van der Waals surface area contributed by atoms with E-state index in [-0.39, 0.29) is 0 Å². The maximum atomic E-state index is 6.32. The van der Waals surface area contributed by atoms with E-state index in [9.17, 15) is 0 Å². The largest absolute Gasteiger partial charge is 0.327 e. The highest BCUT2D eigenvalue weighted by atomic mass is 15.1. The Hall–Kier alpha value is -0.830. The predicted octanol–water partition coefficient (Wildman–Crippen LogP) is 2.51. The first kappa shape index (κ1) is 11.3. The molecule has 2 aliphatic carbocycles. The molecule has 0 amide bonds. The summed E-state index contributed by atoms with van der Waals surface area (Å²) in [6.07, 6.45) is 10.0. The number of aryl methyl sites for hydroxylation is 2. The Morgan fingerprint density at radius 2 is 1.88 bits per heavy atom. The van der Waals surface area contributed by atoms with Crippen molar-refractivity contribution >= 4 is 0 Å². The van der Waals surface area contributed by atoms with Crippen molar-refractivity contribution in [2.75, 3.05) is 0 Å². The molecule has 1 fully saturated rings. The van der Waals surface area contributed by atoms with E-state index in [0.717, 1.165) is 0 Å². The Kier molecular flexibility index (Phi) is 2.95. The number of aromatic nitrogens is 2. The van der Waals surface area contributed by atoms with Gasteiger partial charge in [-0.05, 0) is 45.4 Å². The summed E-state index contributed by atoms with van der Waals surface area (Å²) < 4.78 is 2.48. The average molecular weight is 233 g/mol. The summed E-state index contributed by atoms with van der Waals surface area (Å²) >= 11 is 0. The van der Waals surface area contributed by atoms with Crippen molar-refractivity contribution in [1.82, 2.24) is 9.55 Å². The molecule has 17 heavy (non-hydrogen) atoms. The maximum Gasteiger partial charge on any atom is 0.106 e. The number of hydrogen-bond acceptors (Lipinski definition) is 2. The van der Waals surface area contributed by atoms with E-state index in [1.165, 1.54) is 68.6 Å². The lowest BCUT2D eigenvalue weighted by atomic mass is 9.90. The Morgan fingerprint density at radius 1 is 1.12 bits per heavy atom. The topological polar surface area (TPSA) is 43.8 Å². The molecule has 0 spiro atoms. The second-order valence-electron chi connectivity index (χ2n) is 5.65. The molecule has 0 aromatic carbocycles. The third-order valence-electron chi connectivity index (χ3n) is 4.46. The van der Waals surface area contributed by atoms with Crippen LogP contribution >= 0.6 is 0 Å². The molecule has 0 aliphatic heterocycles. The van der Waals surface area contributed by atoms with Gasteiger partial charge in [0.25, 0.3) is 0 Å². The molecule has 1 aromatic rings. The molecule has 1 heterocycles. The van der Waals surface area contributed by atoms with Crippen LogP contribution < -0.4 is 5.73 Å². The molecule has 2 aliphatic rings. The van der Waals surface area contributed by atoms with E-state index in [1.807, 2.05) is 0 Å². The van der Waals surface area contributed by atoms with Gasteiger partial charge in [-0.15, -0.1) is 0 Å². The van der Waals surface area contributed by atoms with Crippen LogP contribution in [0.1, 0.15) is 61.8 Å². The van der Waals surface area contributed by atoms with Crippen LogP contribution in [0, 0.1) is 6.92 Å². The molecule has 2 N–H and O–H groups in total. The van der Waals surface area contributed by atoms with E-state index >= 15 is 0 Å². The molecular formula is C14H23N3. The smallest absolute Gasteiger partial charge is 0.106 e. The number of hydrogen-bond donors (Lipinski definition) is 1. The highest BCUT2D eigenvalue weighted by Crippen LogP contribution is 2.33. The Balaban J connectivity index is 1.98. The number of rotatable bonds is 1. The summed E-state index contributed by atoms with van der Waals surface area (Å²) in [7, 11) is 0. The van der Waals surface area contributed by atoms with Crippen molar-refractivity contribution in [1.29, 1.82) is 0 Å². The Labute approximate surface area is 103 Å². The van der Waals surface area contributed by atoms with Gasteiger partial charge in [0.05, 0.1) is 11.7 Å². The number of fused-ring (bicyclic) bond motifs is 1. The summed E-state index contributed by atoms with van der Waals surface area (Å²) in [5, 5.41) is 0. The third kappa shape index (κ3) is 1.90. The van der Waals surface area contributed by atoms with Gasteiger partial charge in [0.15, 0.2) is 0 Å². The summed E-state index contributed by atoms with van der Waals surface area (Å²) in [6.45, 7) is 2.15. The van der Waals surface area contributed by atoms with E-state index < -0.39 is 0 Å². The van der Waals surface area contributed by atoms with Crippen molar-refractivity contribution in [2.45, 2.75) is 70.4 Å². The van der Waals surface area contributed by atoms with Crippen molar-refractivity contribution in [3.8, 4) is 0 Å². The lowest BCUT2D eigenvalue weighted by Gasteiger charge is -2.32. The summed E-state index contributed by atoms with van der Waals surface area (Å²) in [5.74, 6) is 1.19. The highest BCUT2D eigenvalue weighted by Gasteiger charge is 2.28. The van der Waals surface area contributed by atoms with Gasteiger partial charge in [0.2, 0.25) is 0 Å². The minimum Gasteiger partial charge on any atom is -0.327 e. The molecule has 94 valence electrons. The molecule has 0 saturated heterocycles. The van der Waals surface area contributed by atoms with Crippen LogP contribution in [0.4, 0.5) is 0 Å². The third-order valence-corrected chi connectivity index (χ3v) is 4.46. The molecule has 1 saturated carbocycles. The highest BCUT2D eigenvalue weighted by molar-refractivity contribution is 5.21. The van der Waals surface area contributed by atoms with Gasteiger partial charge in [-0.2, -0.15) is 0 Å². The Morgan fingerprint density at radius 3 is 2.71 bits per heavy atom. The summed E-state index contributed by atoms with van der Waals surface area (Å²) in [5.41, 5.74) is 9.17. The summed E-state index contributed by atoms with van der Waals surface area (Å²) in [6, 6.07) is 0.848. The van der Waals surface area contributed by atoms with Crippen molar-refractivity contribution in [3.63, 3.8) is 0 Å². The number of nitrogens with zero attached hydrogens (tertiary/aromatic N) is 2. The zero-order chi connectivity index (χ0) is 11.8. The van der Waals surface area contributed by atoms with Crippen LogP contribution in [0.3, 0.4) is 0 Å². The van der Waals surface area contributed by atoms with Gasteiger partial charge in [0.1, 0.15) is 5.82 Å². The molecular weight excluding hydrogens is 210 g/mol. The first-order valence-corrected chi connectivity index (χ1v) is 7.09. The first-order valence-electron chi connectivity index (χ1n) is 7.09. The fourth-order valence-electron chi connectivity index (χ4n) is 3.60. The van der Waals surface area contributed by atoms with Gasteiger partial charge in [-0.1, -0.05) is 12.8 Å². The molecule has 3 nitrogen and oxygen atoms in total. The van der Waals surface area contributed by atoms with Crippen molar-refractivity contribution < 1.29 is 0 Å². The van der Waals surface area contributed by atoms with Crippen LogP contribution in [-0.4, -0.2) is 15.6 Å². The van der Waals surface area contributed by atoms with Gasteiger partial charge < -0.3 is 10.3 Å². The normalized spacial score (nSPS) is 29.1. The van der Waals surface area contributed by atoms with Crippen LogP contribution in [0.15, 0.2) is 0 Å². The molecule has 0 radical (unpaired) electrons. The standard InChI is InChI=1S/C14H23N3/c1-10-16-12-7-3-5-9-14(12)17(10)13-8-4-2-6-11(13)15/h11,13H,2-9,15H2,1H3. The summed E-state index contributed by atoms with van der Waals surface area (Å²) in [4.78, 5) is 4.77. The van der Waals surface area contributed by atoms with Crippen LogP contribution in [-0.2, 0) is 12.8 Å². The molecule has 2 atom stereocenters. The van der Waals surface area contributed by atoms with Crippen LogP contribution in [0.5, 0.6) is 0 Å². The van der Waals surface area contributed by atoms with Crippen LogP contribution in [0.25, 0.3) is 0 Å². The second kappa shape index (κ2) is 4.45. The molecule has 0 bridgehead atoms. The molecule has 3 rings (SSSR count). The minimum absolute atomic E-state index is 0.336. The number of nitrogens with two attached hydrogens (primary N) is 1. The zero-order valence-electron chi connectivity index (χ0n) is 10.8. The Bertz CT molecular complexity index is 408. The monoisotopic (exact) mass is 233 g/mol. The zero-order valence-corrected chi connectivity index (χ0v) is 10.8. The van der Waals surface area contributed by atoms with E-state index in [0.29, 0.717) is 12.1 Å². The van der Waals surface area contributed by atoms with Crippen molar-refractivity contribution in [2.24, 2.45) is 5.73 Å². The fraction of sp³-hybridized carbons (Fsp3) is 0.786. The minimum atomic E-state index is 0.336. The van der Waals surface area contributed by atoms with Gasteiger partial charge in [-0.25, -0.2) is 4.98 Å². The quantitative estimate of drug-likeness (QED) is 0.810. The maximum absolute atomic E-state index is 6.32. The van der Waals surface area contributed by atoms with E-state index in [2.05, 4.69) is 11.5 Å². The van der Waals surface area contributed by atoms with E-state index in [1.54, 1.807) is 0 Å². The van der Waals surface area contributed by atoms with Crippen molar-refractivity contribution in [3.05, 3.63) is 17.2 Å². The number of imidazole rings is 1. The van der Waals surface area contributed by atoms with Gasteiger partial charge in [-0.3, -0.25) is 0 Å². The predicted molar refractivity (Wildman–Crippen MR) is 69.1 cm³/mol. The lowest BCUT2D eigenvalue weighted by Crippen LogP contribution is -2.36. The molecule has 3 heteroatoms. The first-order chi connectivity index (χ1) is 8.27. The van der Waals surface area contributed by atoms with Gasteiger partial charge >= 0.3 is 0 Å². The molecule has 1 aromatic heterocycles. The van der Waals surface area contributed by atoms with Gasteiger partial charge in [0, 0.05) is 11.7 Å². The molecule has 2 unspecified atom stereocenters. The fourth-order valence-corrected chi connectivity index (χ4v) is 3.60. The second-order valence-corrected chi connectivity index (χ2v) is 5.65. The SMILES string of the molecule is Cc1nc2c(n1C1CCCCC1N)CCCC2. The average Bonchev–Trinajstić information content (AvgIpc) is 2.66. The van der Waals surface area contributed by atoms with Crippen LogP contribution in [0.2, 0.25) is 0 Å².